The lowest BCUT2D eigenvalue weighted by atomic mass is 10.0. The van der Waals surface area contributed by atoms with Gasteiger partial charge in [0, 0.05) is 4.88 Å². The molecule has 0 bridgehead atoms. The number of thiophene rings is 2. The van der Waals surface area contributed by atoms with E-state index in [2.05, 4.69) is 36.1 Å². The van der Waals surface area contributed by atoms with Crippen LogP contribution in [0.5, 0.6) is 0 Å². The van der Waals surface area contributed by atoms with E-state index in [-0.39, 0.29) is 6.04 Å². The van der Waals surface area contributed by atoms with Crippen molar-refractivity contribution in [3.63, 3.8) is 0 Å². The average molecular weight is 223 g/mol. The summed E-state index contributed by atoms with van der Waals surface area (Å²) < 4.78 is 0. The highest BCUT2D eigenvalue weighted by atomic mass is 32.1. The van der Waals surface area contributed by atoms with Crippen LogP contribution in [0.25, 0.3) is 0 Å². The topological polar surface area (TPSA) is 26.0 Å². The lowest BCUT2D eigenvalue weighted by Crippen LogP contribution is -2.11. The van der Waals surface area contributed by atoms with E-state index >= 15 is 0 Å². The predicted octanol–water partition coefficient (Wildman–Crippen LogP) is 3.47. The van der Waals surface area contributed by atoms with Crippen LogP contribution >= 0.6 is 22.7 Å². The molecular weight excluding hydrogens is 210 g/mol. The van der Waals surface area contributed by atoms with E-state index in [1.807, 2.05) is 0 Å². The Bertz CT molecular complexity index is 388. The Labute approximate surface area is 92.2 Å². The lowest BCUT2D eigenvalue weighted by molar-refractivity contribution is 0.881. The molecule has 1 atom stereocenters. The molecule has 1 nitrogen and oxygen atoms in total. The molecule has 0 saturated heterocycles. The van der Waals surface area contributed by atoms with Gasteiger partial charge in [-0.05, 0) is 52.7 Å². The second-order valence-corrected chi connectivity index (χ2v) is 5.15. The third kappa shape index (κ3) is 1.63. The average Bonchev–Trinajstić information content (AvgIpc) is 2.73. The summed E-state index contributed by atoms with van der Waals surface area (Å²) >= 11 is 3.47. The van der Waals surface area contributed by atoms with Gasteiger partial charge in [-0.2, -0.15) is 11.3 Å². The van der Waals surface area contributed by atoms with E-state index in [9.17, 15) is 0 Å². The number of aryl methyl sites for hydroxylation is 2. The fourth-order valence-electron chi connectivity index (χ4n) is 1.53. The van der Waals surface area contributed by atoms with Crippen molar-refractivity contribution in [2.24, 2.45) is 5.73 Å². The summed E-state index contributed by atoms with van der Waals surface area (Å²) in [6, 6.07) is 2.18. The van der Waals surface area contributed by atoms with Gasteiger partial charge < -0.3 is 5.73 Å². The molecule has 0 spiro atoms. The fourth-order valence-corrected chi connectivity index (χ4v) is 3.37. The van der Waals surface area contributed by atoms with Gasteiger partial charge in [0.1, 0.15) is 0 Å². The van der Waals surface area contributed by atoms with E-state index in [1.165, 1.54) is 21.6 Å². The SMILES string of the molecule is Cc1cscc1C(N)c1sccc1C. The maximum absolute atomic E-state index is 6.22. The van der Waals surface area contributed by atoms with Gasteiger partial charge in [0.25, 0.3) is 0 Å². The highest BCUT2D eigenvalue weighted by molar-refractivity contribution is 7.10. The van der Waals surface area contributed by atoms with Crippen LogP contribution in [0.2, 0.25) is 0 Å². The summed E-state index contributed by atoms with van der Waals surface area (Å²) in [4.78, 5) is 1.28. The smallest absolute Gasteiger partial charge is 0.0659 e. The van der Waals surface area contributed by atoms with Gasteiger partial charge in [0.15, 0.2) is 0 Å². The molecule has 14 heavy (non-hydrogen) atoms. The maximum Gasteiger partial charge on any atom is 0.0659 e. The normalized spacial score (nSPS) is 13.1. The Kier molecular flexibility index (Phi) is 2.72. The van der Waals surface area contributed by atoms with Gasteiger partial charge in [0.2, 0.25) is 0 Å². The van der Waals surface area contributed by atoms with Gasteiger partial charge in [-0.1, -0.05) is 0 Å². The summed E-state index contributed by atoms with van der Waals surface area (Å²) in [5.74, 6) is 0. The molecule has 0 aliphatic rings. The molecule has 2 N–H and O–H groups in total. The first kappa shape index (κ1) is 9.90. The van der Waals surface area contributed by atoms with Crippen LogP contribution in [0.4, 0.5) is 0 Å². The molecule has 2 rings (SSSR count). The minimum atomic E-state index is 0.0567. The predicted molar refractivity (Wildman–Crippen MR) is 64.1 cm³/mol. The minimum Gasteiger partial charge on any atom is -0.320 e. The molecule has 2 heterocycles. The Morgan fingerprint density at radius 3 is 2.50 bits per heavy atom. The van der Waals surface area contributed by atoms with E-state index in [4.69, 9.17) is 5.73 Å². The first-order chi connectivity index (χ1) is 6.70. The van der Waals surface area contributed by atoms with Crippen molar-refractivity contribution in [2.75, 3.05) is 0 Å². The Morgan fingerprint density at radius 1 is 1.21 bits per heavy atom. The molecule has 0 saturated carbocycles. The number of nitrogens with two attached hydrogens (primary N) is 1. The summed E-state index contributed by atoms with van der Waals surface area (Å²) in [5.41, 5.74) is 10.1. The van der Waals surface area contributed by atoms with E-state index in [0.29, 0.717) is 0 Å². The molecule has 2 aromatic heterocycles. The van der Waals surface area contributed by atoms with E-state index in [0.717, 1.165) is 0 Å². The Morgan fingerprint density at radius 2 is 2.00 bits per heavy atom. The number of hydrogen-bond acceptors (Lipinski definition) is 3. The van der Waals surface area contributed by atoms with Crippen molar-refractivity contribution in [1.29, 1.82) is 0 Å². The third-order valence-corrected chi connectivity index (χ3v) is 4.40. The van der Waals surface area contributed by atoms with Gasteiger partial charge in [0.05, 0.1) is 6.04 Å². The number of hydrogen-bond donors (Lipinski definition) is 1. The van der Waals surface area contributed by atoms with Crippen LogP contribution < -0.4 is 5.73 Å². The van der Waals surface area contributed by atoms with Crippen molar-refractivity contribution in [3.05, 3.63) is 43.8 Å². The zero-order valence-corrected chi connectivity index (χ0v) is 9.91. The molecule has 0 fully saturated rings. The number of rotatable bonds is 2. The van der Waals surface area contributed by atoms with Gasteiger partial charge in [-0.25, -0.2) is 0 Å². The highest BCUT2D eigenvalue weighted by Crippen LogP contribution is 2.30. The maximum atomic E-state index is 6.22. The second-order valence-electron chi connectivity index (χ2n) is 3.46. The van der Waals surface area contributed by atoms with Crippen molar-refractivity contribution in [3.8, 4) is 0 Å². The monoisotopic (exact) mass is 223 g/mol. The minimum absolute atomic E-state index is 0.0567. The van der Waals surface area contributed by atoms with Crippen LogP contribution in [0.15, 0.2) is 22.2 Å². The molecule has 0 aliphatic carbocycles. The Balaban J connectivity index is 2.38. The van der Waals surface area contributed by atoms with Gasteiger partial charge in [-0.15, -0.1) is 11.3 Å². The summed E-state index contributed by atoms with van der Waals surface area (Å²) in [6.45, 7) is 4.24. The second kappa shape index (κ2) is 3.85. The third-order valence-electron chi connectivity index (χ3n) is 2.41. The summed E-state index contributed by atoms with van der Waals surface area (Å²) in [5, 5.41) is 6.41. The van der Waals surface area contributed by atoms with Crippen molar-refractivity contribution < 1.29 is 0 Å². The van der Waals surface area contributed by atoms with Crippen LogP contribution in [0.1, 0.15) is 27.6 Å². The fraction of sp³-hybridized carbons (Fsp3) is 0.273. The van der Waals surface area contributed by atoms with Gasteiger partial charge in [-0.3, -0.25) is 0 Å². The van der Waals surface area contributed by atoms with Crippen LogP contribution in [0.3, 0.4) is 0 Å². The van der Waals surface area contributed by atoms with Crippen molar-refractivity contribution in [1.82, 2.24) is 0 Å². The lowest BCUT2D eigenvalue weighted by Gasteiger charge is -2.10. The summed E-state index contributed by atoms with van der Waals surface area (Å²) in [7, 11) is 0. The molecular formula is C11H13NS2. The molecule has 2 aromatic rings. The van der Waals surface area contributed by atoms with Crippen molar-refractivity contribution >= 4 is 22.7 Å². The van der Waals surface area contributed by atoms with Crippen molar-refractivity contribution in [2.45, 2.75) is 19.9 Å². The Hall–Kier alpha value is -0.640. The first-order valence-corrected chi connectivity index (χ1v) is 6.34. The quantitative estimate of drug-likeness (QED) is 0.829. The molecule has 74 valence electrons. The van der Waals surface area contributed by atoms with Crippen LogP contribution in [-0.2, 0) is 0 Å². The van der Waals surface area contributed by atoms with E-state index in [1.54, 1.807) is 22.7 Å². The molecule has 0 amide bonds. The molecule has 0 radical (unpaired) electrons. The van der Waals surface area contributed by atoms with E-state index < -0.39 is 0 Å². The zero-order valence-electron chi connectivity index (χ0n) is 8.28. The zero-order chi connectivity index (χ0) is 10.1. The molecule has 0 aromatic carbocycles. The highest BCUT2D eigenvalue weighted by Gasteiger charge is 2.14. The summed E-state index contributed by atoms with van der Waals surface area (Å²) in [6.07, 6.45) is 0. The standard InChI is InChI=1S/C11H13NS2/c1-7-3-4-14-11(7)10(12)9-6-13-5-8(9)2/h3-6,10H,12H2,1-2H3. The molecule has 1 unspecified atom stereocenters. The largest absolute Gasteiger partial charge is 0.320 e. The van der Waals surface area contributed by atoms with Crippen LogP contribution in [0, 0.1) is 13.8 Å². The van der Waals surface area contributed by atoms with Crippen LogP contribution in [-0.4, -0.2) is 0 Å². The molecule has 0 aliphatic heterocycles. The molecule has 3 heteroatoms. The van der Waals surface area contributed by atoms with Gasteiger partial charge >= 0.3 is 0 Å². The first-order valence-electron chi connectivity index (χ1n) is 4.52.